The predicted octanol–water partition coefficient (Wildman–Crippen LogP) is 1.67. The molecule has 9 nitrogen and oxygen atoms in total. The van der Waals surface area contributed by atoms with E-state index in [9.17, 15) is 9.59 Å². The maximum absolute atomic E-state index is 13.1. The van der Waals surface area contributed by atoms with Gasteiger partial charge in [0.05, 0.1) is 18.9 Å². The highest BCUT2D eigenvalue weighted by Crippen LogP contribution is 2.34. The van der Waals surface area contributed by atoms with Gasteiger partial charge in [0.15, 0.2) is 11.6 Å². The van der Waals surface area contributed by atoms with Gasteiger partial charge < -0.3 is 9.88 Å². The van der Waals surface area contributed by atoms with Gasteiger partial charge in [0.25, 0.3) is 11.5 Å². The first-order valence-electron chi connectivity index (χ1n) is 9.29. The summed E-state index contributed by atoms with van der Waals surface area (Å²) in [6.45, 7) is 5.11. The second kappa shape index (κ2) is 7.34. The van der Waals surface area contributed by atoms with Crippen molar-refractivity contribution in [3.63, 3.8) is 0 Å². The first-order chi connectivity index (χ1) is 13.6. The molecule has 4 heterocycles. The highest BCUT2D eigenvalue weighted by molar-refractivity contribution is 5.93. The van der Waals surface area contributed by atoms with Gasteiger partial charge in [-0.2, -0.15) is 5.10 Å². The summed E-state index contributed by atoms with van der Waals surface area (Å²) in [5, 5.41) is 4.62. The first kappa shape index (κ1) is 18.0. The fraction of sp³-hybridized carbons (Fsp3) is 0.368. The molecule has 2 atom stereocenters. The topological polar surface area (TPSA) is 110 Å². The van der Waals surface area contributed by atoms with Gasteiger partial charge in [-0.05, 0) is 18.1 Å². The van der Waals surface area contributed by atoms with Gasteiger partial charge in [-0.15, -0.1) is 0 Å². The van der Waals surface area contributed by atoms with E-state index in [1.807, 2.05) is 16.8 Å². The number of hydrogen-bond donors (Lipinski definition) is 1. The summed E-state index contributed by atoms with van der Waals surface area (Å²) in [4.78, 5) is 42.2. The Bertz CT molecular complexity index is 1040. The number of nitrogens with zero attached hydrogens (tertiary/aromatic N) is 6. The first-order valence-corrected chi connectivity index (χ1v) is 9.29. The molecule has 0 aliphatic carbocycles. The summed E-state index contributed by atoms with van der Waals surface area (Å²) in [6, 6.07) is 3.47. The molecule has 0 saturated carbocycles. The standard InChI is InChI=1S/C19H21N7O2/c1-3-12(2)15-17-23-16(13-5-4-6-20-9-13)24-26(17)8-7-25(15)19(28)14-10-21-11-22-18(14)27/h4-6,9-12,15H,3,7-8H2,1-2H3,(H,21,22,27)/t12-,15-/m0/s1. The van der Waals surface area contributed by atoms with Crippen molar-refractivity contribution in [1.29, 1.82) is 0 Å². The third-order valence-corrected chi connectivity index (χ3v) is 5.17. The molecule has 0 radical (unpaired) electrons. The van der Waals surface area contributed by atoms with Crippen LogP contribution in [0.4, 0.5) is 0 Å². The maximum Gasteiger partial charge on any atom is 0.263 e. The van der Waals surface area contributed by atoms with Crippen molar-refractivity contribution in [2.75, 3.05) is 6.54 Å². The minimum absolute atomic E-state index is 0.0382. The Balaban J connectivity index is 1.75. The van der Waals surface area contributed by atoms with Crippen molar-refractivity contribution in [2.45, 2.75) is 32.9 Å². The van der Waals surface area contributed by atoms with Crippen molar-refractivity contribution in [1.82, 2.24) is 34.6 Å². The fourth-order valence-corrected chi connectivity index (χ4v) is 3.50. The average Bonchev–Trinajstić information content (AvgIpc) is 3.17. The summed E-state index contributed by atoms with van der Waals surface area (Å²) in [6.07, 6.45) is 6.87. The number of H-pyrrole nitrogens is 1. The summed E-state index contributed by atoms with van der Waals surface area (Å²) in [7, 11) is 0. The Labute approximate surface area is 161 Å². The van der Waals surface area contributed by atoms with Crippen molar-refractivity contribution in [2.24, 2.45) is 5.92 Å². The van der Waals surface area contributed by atoms with E-state index in [1.165, 1.54) is 12.5 Å². The molecule has 1 aliphatic heterocycles. The molecule has 0 saturated heterocycles. The summed E-state index contributed by atoms with van der Waals surface area (Å²) >= 11 is 0. The van der Waals surface area contributed by atoms with Gasteiger partial charge in [0.1, 0.15) is 5.56 Å². The molecule has 4 rings (SSSR count). The molecule has 0 spiro atoms. The normalized spacial score (nSPS) is 17.2. The second-order valence-electron chi connectivity index (χ2n) is 6.88. The minimum Gasteiger partial charge on any atom is -0.326 e. The lowest BCUT2D eigenvalue weighted by atomic mass is 9.95. The Morgan fingerprint density at radius 1 is 1.32 bits per heavy atom. The van der Waals surface area contributed by atoms with Crippen LogP contribution in [0.2, 0.25) is 0 Å². The second-order valence-corrected chi connectivity index (χ2v) is 6.88. The van der Waals surface area contributed by atoms with Crippen molar-refractivity contribution >= 4 is 5.91 Å². The Morgan fingerprint density at radius 3 is 2.89 bits per heavy atom. The third kappa shape index (κ3) is 3.08. The fourth-order valence-electron chi connectivity index (χ4n) is 3.50. The van der Waals surface area contributed by atoms with Gasteiger partial charge in [0, 0.05) is 30.7 Å². The lowest BCUT2D eigenvalue weighted by Crippen LogP contribution is -2.46. The molecule has 3 aromatic heterocycles. The van der Waals surface area contributed by atoms with Crippen LogP contribution in [0.5, 0.6) is 0 Å². The van der Waals surface area contributed by atoms with E-state index in [0.29, 0.717) is 18.9 Å². The van der Waals surface area contributed by atoms with Crippen LogP contribution in [0.3, 0.4) is 0 Å². The van der Waals surface area contributed by atoms with Crippen LogP contribution in [0, 0.1) is 5.92 Å². The highest BCUT2D eigenvalue weighted by Gasteiger charge is 2.38. The number of aromatic amines is 1. The Hall–Kier alpha value is -3.36. The smallest absolute Gasteiger partial charge is 0.263 e. The zero-order valence-electron chi connectivity index (χ0n) is 15.7. The Morgan fingerprint density at radius 2 is 2.18 bits per heavy atom. The van der Waals surface area contributed by atoms with E-state index in [-0.39, 0.29) is 23.4 Å². The molecule has 1 amide bonds. The molecule has 1 N–H and O–H groups in total. The number of hydrogen-bond acceptors (Lipinski definition) is 6. The molecule has 9 heteroatoms. The number of rotatable bonds is 4. The van der Waals surface area contributed by atoms with Crippen LogP contribution >= 0.6 is 0 Å². The lowest BCUT2D eigenvalue weighted by molar-refractivity contribution is 0.0516. The SMILES string of the molecule is CC[C@H](C)[C@H]1c2nc(-c3cccnc3)nn2CCN1C(=O)c1cnc[nH]c1=O. The van der Waals surface area contributed by atoms with Crippen LogP contribution in [0.1, 0.15) is 42.5 Å². The molecule has 28 heavy (non-hydrogen) atoms. The van der Waals surface area contributed by atoms with E-state index in [2.05, 4.69) is 33.9 Å². The molecule has 0 aromatic carbocycles. The van der Waals surface area contributed by atoms with Crippen molar-refractivity contribution in [3.8, 4) is 11.4 Å². The molecule has 0 fully saturated rings. The maximum atomic E-state index is 13.1. The molecule has 0 unspecified atom stereocenters. The van der Waals surface area contributed by atoms with E-state index < -0.39 is 5.56 Å². The quantitative estimate of drug-likeness (QED) is 0.738. The van der Waals surface area contributed by atoms with Gasteiger partial charge in [-0.25, -0.2) is 14.6 Å². The number of aromatic nitrogens is 6. The van der Waals surface area contributed by atoms with Gasteiger partial charge >= 0.3 is 0 Å². The molecule has 3 aromatic rings. The highest BCUT2D eigenvalue weighted by atomic mass is 16.2. The summed E-state index contributed by atoms with van der Waals surface area (Å²) in [5.41, 5.74) is 0.427. The van der Waals surface area contributed by atoms with Crippen LogP contribution in [-0.4, -0.2) is 47.1 Å². The summed E-state index contributed by atoms with van der Waals surface area (Å²) in [5.74, 6) is 1.12. The van der Waals surface area contributed by atoms with Gasteiger partial charge in [-0.3, -0.25) is 14.6 Å². The molecular formula is C19H21N7O2. The number of carbonyl (C=O) groups is 1. The molecule has 0 bridgehead atoms. The monoisotopic (exact) mass is 379 g/mol. The van der Waals surface area contributed by atoms with Crippen LogP contribution in [0.15, 0.2) is 41.8 Å². The van der Waals surface area contributed by atoms with Crippen LogP contribution in [-0.2, 0) is 6.54 Å². The van der Waals surface area contributed by atoms with Gasteiger partial charge in [0.2, 0.25) is 0 Å². The lowest BCUT2D eigenvalue weighted by Gasteiger charge is -2.38. The predicted molar refractivity (Wildman–Crippen MR) is 101 cm³/mol. The third-order valence-electron chi connectivity index (χ3n) is 5.17. The average molecular weight is 379 g/mol. The summed E-state index contributed by atoms with van der Waals surface area (Å²) < 4.78 is 1.86. The molecule has 1 aliphatic rings. The van der Waals surface area contributed by atoms with Gasteiger partial charge in [-0.1, -0.05) is 20.3 Å². The van der Waals surface area contributed by atoms with Crippen LogP contribution < -0.4 is 5.56 Å². The zero-order chi connectivity index (χ0) is 19.7. The largest absolute Gasteiger partial charge is 0.326 e. The van der Waals surface area contributed by atoms with Crippen molar-refractivity contribution < 1.29 is 4.79 Å². The van der Waals surface area contributed by atoms with Crippen molar-refractivity contribution in [3.05, 3.63) is 58.8 Å². The zero-order valence-corrected chi connectivity index (χ0v) is 15.7. The number of fused-ring (bicyclic) bond motifs is 1. The number of pyridine rings is 1. The minimum atomic E-state index is -0.439. The number of nitrogens with one attached hydrogen (secondary N) is 1. The Kier molecular flexibility index (Phi) is 4.72. The molecule has 144 valence electrons. The number of amides is 1. The van der Waals surface area contributed by atoms with Crippen LogP contribution in [0.25, 0.3) is 11.4 Å². The van der Waals surface area contributed by atoms with E-state index in [1.54, 1.807) is 17.3 Å². The van der Waals surface area contributed by atoms with E-state index in [0.717, 1.165) is 17.8 Å². The van der Waals surface area contributed by atoms with E-state index >= 15 is 0 Å². The van der Waals surface area contributed by atoms with E-state index in [4.69, 9.17) is 4.98 Å². The molecular weight excluding hydrogens is 358 g/mol. The number of carbonyl (C=O) groups excluding carboxylic acids is 1.